The Morgan fingerprint density at radius 3 is 2.39 bits per heavy atom. The summed E-state index contributed by atoms with van der Waals surface area (Å²) in [4.78, 5) is 55.2. The van der Waals surface area contributed by atoms with Gasteiger partial charge in [0.2, 0.25) is 17.7 Å². The predicted molar refractivity (Wildman–Crippen MR) is 124 cm³/mol. The Kier molecular flexibility index (Phi) is 7.42. The van der Waals surface area contributed by atoms with Crippen LogP contribution in [-0.2, 0) is 19.2 Å². The molecule has 178 valence electrons. The van der Waals surface area contributed by atoms with Crippen LogP contribution in [0, 0.1) is 5.92 Å². The fraction of sp³-hybridized carbons (Fsp3) is 0.600. The van der Waals surface area contributed by atoms with Crippen molar-refractivity contribution in [3.63, 3.8) is 0 Å². The van der Waals surface area contributed by atoms with Gasteiger partial charge >= 0.3 is 0 Å². The summed E-state index contributed by atoms with van der Waals surface area (Å²) in [5, 5.41) is 2.23. The first-order valence-electron chi connectivity index (χ1n) is 12.2. The molecule has 0 aromatic carbocycles. The van der Waals surface area contributed by atoms with Gasteiger partial charge in [0.25, 0.3) is 5.91 Å². The smallest absolute Gasteiger partial charge is 0.257 e. The second-order valence-corrected chi connectivity index (χ2v) is 9.50. The molecule has 4 aliphatic heterocycles. The number of piperidine rings is 3. The third-order valence-electron chi connectivity index (χ3n) is 7.18. The highest BCUT2D eigenvalue weighted by atomic mass is 16.2. The number of amides is 4. The molecule has 4 fully saturated rings. The molecule has 0 spiro atoms. The molecule has 8 nitrogen and oxygen atoms in total. The highest BCUT2D eigenvalue weighted by molar-refractivity contribution is 6.16. The van der Waals surface area contributed by atoms with Crippen LogP contribution >= 0.6 is 0 Å². The number of nitrogens with one attached hydrogen (secondary N) is 1. The van der Waals surface area contributed by atoms with Crippen LogP contribution in [0.15, 0.2) is 36.1 Å². The van der Waals surface area contributed by atoms with Gasteiger partial charge in [0.15, 0.2) is 0 Å². The third kappa shape index (κ3) is 5.43. The molecule has 8 heteroatoms. The molecule has 0 saturated carbocycles. The molecule has 1 unspecified atom stereocenters. The summed E-state index contributed by atoms with van der Waals surface area (Å²) in [6, 6.07) is -0.911. The Labute approximate surface area is 195 Å². The van der Waals surface area contributed by atoms with E-state index in [1.807, 2.05) is 6.08 Å². The number of carbonyl (C=O) groups excluding carboxylic acids is 4. The first-order valence-corrected chi connectivity index (χ1v) is 12.2. The highest BCUT2D eigenvalue weighted by Crippen LogP contribution is 2.28. The van der Waals surface area contributed by atoms with Gasteiger partial charge < -0.3 is 9.80 Å². The molecule has 0 radical (unpaired) electrons. The van der Waals surface area contributed by atoms with Crippen molar-refractivity contribution in [2.45, 2.75) is 57.4 Å². The minimum absolute atomic E-state index is 0.0313. The molecular formula is C25H34N4O4. The molecule has 4 amide bonds. The molecule has 1 atom stereocenters. The fourth-order valence-corrected chi connectivity index (χ4v) is 5.37. The molecule has 4 rings (SSSR count). The van der Waals surface area contributed by atoms with Gasteiger partial charge in [0.1, 0.15) is 6.04 Å². The number of carbonyl (C=O) groups is 4. The zero-order valence-corrected chi connectivity index (χ0v) is 19.3. The van der Waals surface area contributed by atoms with Gasteiger partial charge in [-0.3, -0.25) is 29.4 Å². The van der Waals surface area contributed by atoms with Crippen molar-refractivity contribution >= 4 is 23.6 Å². The van der Waals surface area contributed by atoms with Crippen molar-refractivity contribution in [1.29, 1.82) is 0 Å². The first kappa shape index (κ1) is 23.4. The molecular weight excluding hydrogens is 420 g/mol. The molecule has 0 aromatic heterocycles. The van der Waals surface area contributed by atoms with Crippen LogP contribution < -0.4 is 5.32 Å². The summed E-state index contributed by atoms with van der Waals surface area (Å²) in [5.74, 6) is -1.09. The Morgan fingerprint density at radius 1 is 1.00 bits per heavy atom. The Morgan fingerprint density at radius 2 is 1.73 bits per heavy atom. The van der Waals surface area contributed by atoms with E-state index >= 15 is 0 Å². The summed E-state index contributed by atoms with van der Waals surface area (Å²) < 4.78 is 0. The van der Waals surface area contributed by atoms with E-state index in [9.17, 15) is 19.2 Å². The number of nitrogens with zero attached hydrogens (tertiary/aromatic N) is 3. The van der Waals surface area contributed by atoms with Crippen LogP contribution in [0.4, 0.5) is 0 Å². The van der Waals surface area contributed by atoms with Gasteiger partial charge in [-0.1, -0.05) is 19.1 Å². The monoisotopic (exact) mass is 454 g/mol. The number of imide groups is 2. The Balaban J connectivity index is 1.40. The van der Waals surface area contributed by atoms with E-state index in [1.54, 1.807) is 12.2 Å². The maximum Gasteiger partial charge on any atom is 0.257 e. The van der Waals surface area contributed by atoms with Crippen molar-refractivity contribution in [3.05, 3.63) is 36.1 Å². The SMILES string of the molecule is C=C/C=C(\C=C1/CC(=O)N(C2CCC(=O)NC2=O)C1=O)N1CCC(CN2CCCCC2)CC1. The van der Waals surface area contributed by atoms with Gasteiger partial charge in [0.05, 0.1) is 6.42 Å². The van der Waals surface area contributed by atoms with Crippen LogP contribution in [0.1, 0.15) is 51.4 Å². The van der Waals surface area contributed by atoms with Gasteiger partial charge in [-0.15, -0.1) is 0 Å². The average Bonchev–Trinajstić information content (AvgIpc) is 3.08. The number of likely N-dealkylation sites (tertiary alicyclic amines) is 3. The molecule has 4 saturated heterocycles. The summed E-state index contributed by atoms with van der Waals surface area (Å²) >= 11 is 0. The van der Waals surface area contributed by atoms with Crippen molar-refractivity contribution in [2.24, 2.45) is 5.92 Å². The zero-order chi connectivity index (χ0) is 23.4. The highest BCUT2D eigenvalue weighted by Gasteiger charge is 2.43. The number of allylic oxidation sites excluding steroid dienone is 3. The second-order valence-electron chi connectivity index (χ2n) is 9.50. The minimum atomic E-state index is -0.911. The van der Waals surface area contributed by atoms with E-state index in [0.29, 0.717) is 11.5 Å². The van der Waals surface area contributed by atoms with E-state index in [0.717, 1.165) is 36.5 Å². The van der Waals surface area contributed by atoms with Gasteiger partial charge in [-0.2, -0.15) is 0 Å². The summed E-state index contributed by atoms with van der Waals surface area (Å²) in [7, 11) is 0. The van der Waals surface area contributed by atoms with Crippen molar-refractivity contribution in [1.82, 2.24) is 20.0 Å². The average molecular weight is 455 g/mol. The Hall–Kier alpha value is -2.74. The zero-order valence-electron chi connectivity index (χ0n) is 19.3. The third-order valence-corrected chi connectivity index (χ3v) is 7.18. The lowest BCUT2D eigenvalue weighted by atomic mass is 9.94. The van der Waals surface area contributed by atoms with Crippen LogP contribution in [-0.4, -0.2) is 77.1 Å². The van der Waals surface area contributed by atoms with Crippen molar-refractivity contribution < 1.29 is 19.2 Å². The first-order chi connectivity index (χ1) is 16.0. The molecule has 0 aromatic rings. The van der Waals surface area contributed by atoms with Crippen molar-refractivity contribution in [2.75, 3.05) is 32.7 Å². The van der Waals surface area contributed by atoms with Gasteiger partial charge in [-0.05, 0) is 63.3 Å². The standard InChI is InChI=1S/C25H34N4O4/c1-2-6-20(28-13-9-18(10-14-28)17-27-11-4-3-5-12-27)15-19-16-23(31)29(25(19)33)21-7-8-22(30)26-24(21)32/h2,6,15,18,21H,1,3-5,7-14,16-17H2,(H,26,30,32)/b19-15+,20-6+. The molecule has 4 aliphatic rings. The molecule has 1 N–H and O–H groups in total. The lowest BCUT2D eigenvalue weighted by Gasteiger charge is -2.37. The summed E-state index contributed by atoms with van der Waals surface area (Å²) in [5.41, 5.74) is 1.26. The fourth-order valence-electron chi connectivity index (χ4n) is 5.37. The normalized spacial score (nSPS) is 27.5. The van der Waals surface area contributed by atoms with Crippen LogP contribution in [0.5, 0.6) is 0 Å². The van der Waals surface area contributed by atoms with E-state index in [-0.39, 0.29) is 31.1 Å². The van der Waals surface area contributed by atoms with E-state index < -0.39 is 17.9 Å². The largest absolute Gasteiger partial charge is 0.372 e. The summed E-state index contributed by atoms with van der Waals surface area (Å²) in [6.45, 7) is 9.22. The topological polar surface area (TPSA) is 90.0 Å². The van der Waals surface area contributed by atoms with Crippen LogP contribution in [0.3, 0.4) is 0 Å². The molecule has 0 aliphatic carbocycles. The number of rotatable bonds is 6. The number of hydrogen-bond donors (Lipinski definition) is 1. The van der Waals surface area contributed by atoms with Gasteiger partial charge in [0, 0.05) is 37.3 Å². The second kappa shape index (κ2) is 10.5. The number of hydrogen-bond acceptors (Lipinski definition) is 6. The van der Waals surface area contributed by atoms with Crippen LogP contribution in [0.2, 0.25) is 0 Å². The van der Waals surface area contributed by atoms with Crippen LogP contribution in [0.25, 0.3) is 0 Å². The van der Waals surface area contributed by atoms with Gasteiger partial charge in [-0.25, -0.2) is 0 Å². The maximum absolute atomic E-state index is 13.0. The quantitative estimate of drug-likeness (QED) is 0.374. The maximum atomic E-state index is 13.0. The van der Waals surface area contributed by atoms with E-state index in [1.165, 1.54) is 38.9 Å². The molecule has 33 heavy (non-hydrogen) atoms. The molecule has 4 heterocycles. The summed E-state index contributed by atoms with van der Waals surface area (Å²) in [6.07, 6.45) is 11.8. The van der Waals surface area contributed by atoms with E-state index in [2.05, 4.69) is 21.7 Å². The predicted octanol–water partition coefficient (Wildman–Crippen LogP) is 1.74. The van der Waals surface area contributed by atoms with E-state index in [4.69, 9.17) is 0 Å². The molecule has 0 bridgehead atoms. The Bertz CT molecular complexity index is 879. The van der Waals surface area contributed by atoms with Crippen molar-refractivity contribution in [3.8, 4) is 0 Å². The minimum Gasteiger partial charge on any atom is -0.372 e. The lowest BCUT2D eigenvalue weighted by molar-refractivity contribution is -0.150. The lowest BCUT2D eigenvalue weighted by Crippen LogP contribution is -2.54.